The number of hydrogen-bond acceptors (Lipinski definition) is 8. The van der Waals surface area contributed by atoms with Crippen molar-refractivity contribution in [1.82, 2.24) is 14.8 Å². The Morgan fingerprint density at radius 3 is 2.73 bits per heavy atom. The number of benzene rings is 2. The van der Waals surface area contributed by atoms with Gasteiger partial charge in [0.1, 0.15) is 12.7 Å². The van der Waals surface area contributed by atoms with E-state index in [0.717, 1.165) is 21.6 Å². The second kappa shape index (κ2) is 10.2. The van der Waals surface area contributed by atoms with Gasteiger partial charge in [0.05, 0.1) is 28.7 Å². The highest BCUT2D eigenvalue weighted by Gasteiger charge is 2.21. The van der Waals surface area contributed by atoms with Crippen molar-refractivity contribution in [3.8, 4) is 6.07 Å². The number of rotatable bonds is 9. The van der Waals surface area contributed by atoms with E-state index in [9.17, 15) is 5.26 Å². The summed E-state index contributed by atoms with van der Waals surface area (Å²) in [5.41, 5.74) is 5.65. The molecule has 0 aliphatic rings. The van der Waals surface area contributed by atoms with Crippen molar-refractivity contribution in [3.63, 3.8) is 0 Å². The predicted octanol–water partition coefficient (Wildman–Crippen LogP) is 5.54. The molecule has 2 N–H and O–H groups in total. The first-order valence-corrected chi connectivity index (χ1v) is 11.0. The van der Waals surface area contributed by atoms with Gasteiger partial charge in [0.15, 0.2) is 12.3 Å². The Kier molecular flexibility index (Phi) is 7.64. The maximum absolute atomic E-state index is 9.58. The van der Waals surface area contributed by atoms with Crippen LogP contribution >= 0.6 is 35.7 Å². The third-order valence-electron chi connectivity index (χ3n) is 4.40. The fourth-order valence-corrected chi connectivity index (χ4v) is 4.04. The Hall–Kier alpha value is -2.22. The Morgan fingerprint density at radius 1 is 1.27 bits per heavy atom. The molecule has 10 heteroatoms. The summed E-state index contributed by atoms with van der Waals surface area (Å²) in [5.74, 6) is 0.714. The van der Waals surface area contributed by atoms with Gasteiger partial charge in [-0.2, -0.15) is 14.6 Å². The molecule has 0 unspecified atom stereocenters. The molecule has 0 spiro atoms. The summed E-state index contributed by atoms with van der Waals surface area (Å²) in [6, 6.07) is 14.2. The smallest absolute Gasteiger partial charge is 0.182 e. The van der Waals surface area contributed by atoms with Gasteiger partial charge in [-0.3, -0.25) is 5.48 Å². The molecule has 0 bridgehead atoms. The molecule has 7 nitrogen and oxygen atoms in total. The minimum absolute atomic E-state index is 0.216. The summed E-state index contributed by atoms with van der Waals surface area (Å²) in [5, 5.41) is 14.2. The van der Waals surface area contributed by atoms with Gasteiger partial charge >= 0.3 is 0 Å². The zero-order valence-corrected chi connectivity index (χ0v) is 18.8. The van der Waals surface area contributed by atoms with Crippen LogP contribution in [0.15, 0.2) is 53.9 Å². The molecule has 0 saturated carbocycles. The van der Waals surface area contributed by atoms with Crippen LogP contribution in [-0.4, -0.2) is 19.3 Å². The van der Waals surface area contributed by atoms with Gasteiger partial charge in [-0.25, -0.2) is 9.67 Å². The van der Waals surface area contributed by atoms with Gasteiger partial charge in [-0.15, -0.1) is 11.8 Å². The van der Waals surface area contributed by atoms with E-state index in [4.69, 9.17) is 16.2 Å². The first kappa shape index (κ1) is 22.5. The third-order valence-corrected chi connectivity index (χ3v) is 5.94. The molecular weight excluding hydrogens is 442 g/mol. The van der Waals surface area contributed by atoms with Crippen molar-refractivity contribution < 1.29 is 8.84 Å². The van der Waals surface area contributed by atoms with E-state index in [0.29, 0.717) is 23.0 Å². The predicted molar refractivity (Wildman–Crippen MR) is 120 cm³/mol. The fraction of sp³-hybridized carbons (Fsp3) is 0.250. The number of nitrogens with zero attached hydrogens (tertiary/aromatic N) is 4. The summed E-state index contributed by atoms with van der Waals surface area (Å²) in [4.78, 5) is 4.98. The third kappa shape index (κ3) is 5.90. The van der Waals surface area contributed by atoms with Crippen molar-refractivity contribution >= 4 is 41.4 Å². The second-order valence-electron chi connectivity index (χ2n) is 7.06. The molecular formula is C20H20ClN5O2S2. The lowest BCUT2D eigenvalue weighted by Gasteiger charge is -2.19. The highest BCUT2D eigenvalue weighted by Crippen LogP contribution is 2.32. The largest absolute Gasteiger partial charge is 0.305 e. The molecule has 0 aliphatic carbocycles. The Morgan fingerprint density at radius 2 is 2.07 bits per heavy atom. The summed E-state index contributed by atoms with van der Waals surface area (Å²) < 4.78 is 15.1. The topological polar surface area (TPSA) is 96.0 Å². The van der Waals surface area contributed by atoms with Gasteiger partial charge < -0.3 is 4.55 Å². The Bertz CT molecular complexity index is 1040. The minimum atomic E-state index is -0.598. The van der Waals surface area contributed by atoms with Gasteiger partial charge in [0.25, 0.3) is 0 Å². The first-order valence-electron chi connectivity index (χ1n) is 8.93. The summed E-state index contributed by atoms with van der Waals surface area (Å²) >= 11 is 8.11. The van der Waals surface area contributed by atoms with Crippen LogP contribution in [0, 0.1) is 11.3 Å². The van der Waals surface area contributed by atoms with E-state index in [1.165, 1.54) is 6.33 Å². The minimum Gasteiger partial charge on any atom is -0.305 e. The fourth-order valence-electron chi connectivity index (χ4n) is 2.76. The Labute approximate surface area is 188 Å². The van der Waals surface area contributed by atoms with Crippen LogP contribution < -0.4 is 5.48 Å². The van der Waals surface area contributed by atoms with Gasteiger partial charge in [-0.1, -0.05) is 29.8 Å². The van der Waals surface area contributed by atoms with Crippen molar-refractivity contribution in [2.75, 3.05) is 5.48 Å². The molecule has 0 amide bonds. The number of anilines is 1. The second-order valence-corrected chi connectivity index (χ2v) is 8.83. The molecule has 0 radical (unpaired) electrons. The maximum Gasteiger partial charge on any atom is 0.182 e. The summed E-state index contributed by atoms with van der Waals surface area (Å²) in [6.45, 7) is 4.41. The first-order chi connectivity index (χ1) is 14.4. The number of aromatic nitrogens is 3. The van der Waals surface area contributed by atoms with E-state index in [1.54, 1.807) is 28.8 Å². The molecule has 156 valence electrons. The zero-order valence-electron chi connectivity index (χ0n) is 16.4. The van der Waals surface area contributed by atoms with E-state index in [2.05, 4.69) is 44.1 Å². The Balaban J connectivity index is 1.80. The molecule has 0 fully saturated rings. The normalized spacial score (nSPS) is 11.3. The molecule has 0 saturated heterocycles. The molecule has 3 rings (SSSR count). The van der Waals surface area contributed by atoms with E-state index in [1.807, 2.05) is 26.0 Å². The van der Waals surface area contributed by atoms with Crippen molar-refractivity contribution in [2.45, 2.75) is 36.5 Å². The van der Waals surface area contributed by atoms with Gasteiger partial charge in [-0.05, 0) is 48.7 Å². The highest BCUT2D eigenvalue weighted by atomic mass is 35.5. The molecule has 2 aromatic carbocycles. The van der Waals surface area contributed by atoms with E-state index >= 15 is 0 Å². The molecule has 0 aliphatic heterocycles. The van der Waals surface area contributed by atoms with Crippen molar-refractivity contribution in [1.29, 1.82) is 5.26 Å². The average Bonchev–Trinajstić information content (AvgIpc) is 3.24. The molecule has 30 heavy (non-hydrogen) atoms. The van der Waals surface area contributed by atoms with E-state index in [-0.39, 0.29) is 12.3 Å². The van der Waals surface area contributed by atoms with Gasteiger partial charge in [0.2, 0.25) is 0 Å². The number of nitrogens with one attached hydrogen (secondary N) is 1. The number of thioether (sulfide) groups is 1. The SMILES string of the molecule is CC(C)(C#N)c1cc(CSc2ccc(NOSO)c(Cl)c2)cc(Cn2cncn2)c1. The van der Waals surface area contributed by atoms with Crippen LogP contribution in [0.4, 0.5) is 5.69 Å². The van der Waals surface area contributed by atoms with E-state index < -0.39 is 5.41 Å². The molecule has 1 aromatic heterocycles. The van der Waals surface area contributed by atoms with Crippen molar-refractivity contribution in [3.05, 3.63) is 70.8 Å². The number of halogens is 1. The molecule has 1 heterocycles. The quantitative estimate of drug-likeness (QED) is 0.243. The van der Waals surface area contributed by atoms with Crippen LogP contribution in [0.2, 0.25) is 5.02 Å². The van der Waals surface area contributed by atoms with Crippen LogP contribution in [0.3, 0.4) is 0 Å². The average molecular weight is 462 g/mol. The van der Waals surface area contributed by atoms with Gasteiger partial charge in [0, 0.05) is 10.6 Å². The summed E-state index contributed by atoms with van der Waals surface area (Å²) in [7, 11) is 0. The lowest BCUT2D eigenvalue weighted by molar-refractivity contribution is 0.427. The molecule has 3 aromatic rings. The number of nitriles is 1. The highest BCUT2D eigenvalue weighted by molar-refractivity contribution is 7.98. The summed E-state index contributed by atoms with van der Waals surface area (Å²) in [6.07, 6.45) is 3.18. The van der Waals surface area contributed by atoms with Crippen molar-refractivity contribution in [2.24, 2.45) is 0 Å². The standard InChI is InChI=1S/C20H20ClN5O2S2/c1-20(2,11-22)16-6-14(9-26-13-23-12-24-26)5-15(7-16)10-29-17-3-4-19(18(21)8-17)25-28-30-27/h3-8,12-13,25,27H,9-10H2,1-2H3. The van der Waals surface area contributed by atoms with Crippen LogP contribution in [-0.2, 0) is 22.0 Å². The van der Waals surface area contributed by atoms with Crippen LogP contribution in [0.5, 0.6) is 0 Å². The lowest BCUT2D eigenvalue weighted by atomic mass is 9.84. The van der Waals surface area contributed by atoms with Crippen LogP contribution in [0.1, 0.15) is 30.5 Å². The zero-order chi connectivity index (χ0) is 21.6. The molecule has 0 atom stereocenters. The number of hydrogen-bond donors (Lipinski definition) is 2. The lowest BCUT2D eigenvalue weighted by Crippen LogP contribution is -2.15. The maximum atomic E-state index is 9.58. The van der Waals surface area contributed by atoms with Crippen LogP contribution in [0.25, 0.3) is 0 Å². The monoisotopic (exact) mass is 461 g/mol.